The highest BCUT2D eigenvalue weighted by atomic mass is 19.2. The van der Waals surface area contributed by atoms with Crippen molar-refractivity contribution in [1.29, 1.82) is 0 Å². The molecule has 6 heteroatoms. The van der Waals surface area contributed by atoms with E-state index in [0.29, 0.717) is 0 Å². The van der Waals surface area contributed by atoms with Crippen LogP contribution < -0.4 is 5.32 Å². The Morgan fingerprint density at radius 2 is 1.57 bits per heavy atom. The normalized spacial score (nSPS) is 11.0. The van der Waals surface area contributed by atoms with E-state index >= 15 is 0 Å². The van der Waals surface area contributed by atoms with Gasteiger partial charge in [-0.15, -0.1) is 0 Å². The molecule has 0 amide bonds. The summed E-state index contributed by atoms with van der Waals surface area (Å²) in [6.45, 7) is 6.64. The molecule has 0 saturated carbocycles. The minimum absolute atomic E-state index is 0.0798. The summed E-state index contributed by atoms with van der Waals surface area (Å²) in [5, 5.41) is 2.44. The van der Waals surface area contributed by atoms with Crippen LogP contribution in [-0.4, -0.2) is 4.57 Å². The molecule has 2 aromatic rings. The van der Waals surface area contributed by atoms with Gasteiger partial charge in [0.1, 0.15) is 5.69 Å². The van der Waals surface area contributed by atoms with Crippen LogP contribution in [0, 0.1) is 37.1 Å². The fourth-order valence-electron chi connectivity index (χ4n) is 2.45. The first-order chi connectivity index (χ1) is 9.86. The second kappa shape index (κ2) is 5.79. The number of aryl methyl sites for hydroxylation is 1. The van der Waals surface area contributed by atoms with Crippen LogP contribution in [-0.2, 0) is 13.1 Å². The average Bonchev–Trinajstić information content (AvgIpc) is 2.71. The molecule has 0 aliphatic rings. The number of rotatable bonds is 4. The van der Waals surface area contributed by atoms with E-state index in [9.17, 15) is 17.6 Å². The lowest BCUT2D eigenvalue weighted by molar-refractivity contribution is 0.458. The molecule has 0 fully saturated rings. The van der Waals surface area contributed by atoms with Gasteiger partial charge in [-0.3, -0.25) is 0 Å². The van der Waals surface area contributed by atoms with E-state index in [-0.39, 0.29) is 12.6 Å². The van der Waals surface area contributed by atoms with Crippen molar-refractivity contribution in [3.05, 3.63) is 52.4 Å². The van der Waals surface area contributed by atoms with Crippen LogP contribution in [0.25, 0.3) is 0 Å². The molecule has 2 rings (SSSR count). The van der Waals surface area contributed by atoms with Crippen molar-refractivity contribution in [2.24, 2.45) is 0 Å². The fraction of sp³-hybridized carbons (Fsp3) is 0.333. The van der Waals surface area contributed by atoms with Gasteiger partial charge in [0.25, 0.3) is 0 Å². The quantitative estimate of drug-likeness (QED) is 0.658. The highest BCUT2D eigenvalue weighted by Gasteiger charge is 2.19. The van der Waals surface area contributed by atoms with Gasteiger partial charge in [-0.25, -0.2) is 17.6 Å². The zero-order valence-electron chi connectivity index (χ0n) is 12.0. The van der Waals surface area contributed by atoms with Gasteiger partial charge in [-0.1, -0.05) is 0 Å². The Morgan fingerprint density at radius 1 is 1.00 bits per heavy atom. The molecule has 1 N–H and O–H groups in total. The Kier molecular flexibility index (Phi) is 4.25. The van der Waals surface area contributed by atoms with Gasteiger partial charge in [0.05, 0.1) is 0 Å². The van der Waals surface area contributed by atoms with Gasteiger partial charge < -0.3 is 9.88 Å². The molecule has 0 bridgehead atoms. The zero-order chi connectivity index (χ0) is 15.7. The lowest BCUT2D eigenvalue weighted by Gasteiger charge is -2.10. The van der Waals surface area contributed by atoms with Crippen LogP contribution in [0.1, 0.15) is 23.9 Å². The molecule has 21 heavy (non-hydrogen) atoms. The Morgan fingerprint density at radius 3 is 2.05 bits per heavy atom. The van der Waals surface area contributed by atoms with E-state index in [4.69, 9.17) is 0 Å². The largest absolute Gasteiger partial charge is 0.376 e. The lowest BCUT2D eigenvalue weighted by Crippen LogP contribution is -2.08. The highest BCUT2D eigenvalue weighted by Crippen LogP contribution is 2.25. The Balaban J connectivity index is 2.29. The van der Waals surface area contributed by atoms with Gasteiger partial charge >= 0.3 is 0 Å². The maximum Gasteiger partial charge on any atom is 0.185 e. The SMILES string of the molecule is CCn1c(C)cc(CNc2c(F)c(F)cc(F)c2F)c1C. The predicted molar refractivity (Wildman–Crippen MR) is 73.2 cm³/mol. The summed E-state index contributed by atoms with van der Waals surface area (Å²) < 4.78 is 55.4. The molecule has 0 atom stereocenters. The first kappa shape index (κ1) is 15.4. The number of nitrogens with one attached hydrogen (secondary N) is 1. The summed E-state index contributed by atoms with van der Waals surface area (Å²) in [6.07, 6.45) is 0. The number of anilines is 1. The van der Waals surface area contributed by atoms with E-state index in [1.165, 1.54) is 0 Å². The van der Waals surface area contributed by atoms with E-state index in [1.807, 2.05) is 31.4 Å². The topological polar surface area (TPSA) is 17.0 Å². The fourth-order valence-corrected chi connectivity index (χ4v) is 2.45. The maximum atomic E-state index is 13.5. The Hall–Kier alpha value is -1.98. The summed E-state index contributed by atoms with van der Waals surface area (Å²) >= 11 is 0. The van der Waals surface area contributed by atoms with Gasteiger partial charge in [0, 0.05) is 30.5 Å². The number of nitrogens with zero attached hydrogens (tertiary/aromatic N) is 1. The molecule has 0 aliphatic carbocycles. The third-order valence-corrected chi connectivity index (χ3v) is 3.56. The van der Waals surface area contributed by atoms with Crippen molar-refractivity contribution in [3.63, 3.8) is 0 Å². The molecular weight excluding hydrogens is 284 g/mol. The summed E-state index contributed by atoms with van der Waals surface area (Å²) in [7, 11) is 0. The monoisotopic (exact) mass is 300 g/mol. The highest BCUT2D eigenvalue weighted by molar-refractivity contribution is 5.48. The van der Waals surface area contributed by atoms with E-state index < -0.39 is 29.0 Å². The molecule has 1 aromatic carbocycles. The van der Waals surface area contributed by atoms with Crippen molar-refractivity contribution < 1.29 is 17.6 Å². The average molecular weight is 300 g/mol. The first-order valence-corrected chi connectivity index (χ1v) is 6.59. The van der Waals surface area contributed by atoms with Crippen molar-refractivity contribution in [2.45, 2.75) is 33.9 Å². The third-order valence-electron chi connectivity index (χ3n) is 3.56. The van der Waals surface area contributed by atoms with Crippen molar-refractivity contribution in [2.75, 3.05) is 5.32 Å². The predicted octanol–water partition coefficient (Wildman–Crippen LogP) is 4.29. The van der Waals surface area contributed by atoms with E-state index in [2.05, 4.69) is 5.32 Å². The lowest BCUT2D eigenvalue weighted by atomic mass is 10.2. The van der Waals surface area contributed by atoms with Gasteiger partial charge in [0.2, 0.25) is 0 Å². The molecule has 1 heterocycles. The van der Waals surface area contributed by atoms with Gasteiger partial charge in [-0.05, 0) is 32.4 Å². The summed E-state index contributed by atoms with van der Waals surface area (Å²) in [5.74, 6) is -5.68. The Bertz CT molecular complexity index is 651. The van der Waals surface area contributed by atoms with Crippen molar-refractivity contribution >= 4 is 5.69 Å². The molecular formula is C15H16F4N2. The molecule has 1 aromatic heterocycles. The number of aromatic nitrogens is 1. The summed E-state index contributed by atoms with van der Waals surface area (Å²) in [4.78, 5) is 0. The molecule has 114 valence electrons. The van der Waals surface area contributed by atoms with Crippen molar-refractivity contribution in [3.8, 4) is 0 Å². The van der Waals surface area contributed by atoms with Crippen LogP contribution in [0.4, 0.5) is 23.2 Å². The Labute approximate surface area is 120 Å². The molecule has 0 unspecified atom stereocenters. The van der Waals surface area contributed by atoms with E-state index in [0.717, 1.165) is 23.5 Å². The standard InChI is InChI=1S/C15H16F4N2/c1-4-21-8(2)5-10(9(21)3)7-20-15-13(18)11(16)6-12(17)14(15)19/h5-6,20H,4,7H2,1-3H3. The van der Waals surface area contributed by atoms with Gasteiger partial charge in [0.15, 0.2) is 23.3 Å². The van der Waals surface area contributed by atoms with Crippen LogP contribution in [0.5, 0.6) is 0 Å². The molecule has 0 radical (unpaired) electrons. The third kappa shape index (κ3) is 2.75. The van der Waals surface area contributed by atoms with Crippen LogP contribution in [0.2, 0.25) is 0 Å². The van der Waals surface area contributed by atoms with Crippen LogP contribution in [0.3, 0.4) is 0 Å². The minimum Gasteiger partial charge on any atom is -0.376 e. The van der Waals surface area contributed by atoms with Crippen molar-refractivity contribution in [1.82, 2.24) is 4.57 Å². The zero-order valence-corrected chi connectivity index (χ0v) is 12.0. The van der Waals surface area contributed by atoms with E-state index in [1.54, 1.807) is 0 Å². The number of halogens is 4. The van der Waals surface area contributed by atoms with Crippen LogP contribution >= 0.6 is 0 Å². The molecule has 2 nitrogen and oxygen atoms in total. The first-order valence-electron chi connectivity index (χ1n) is 6.59. The summed E-state index contributed by atoms with van der Waals surface area (Å²) in [5.41, 5.74) is 1.99. The minimum atomic E-state index is -1.42. The summed E-state index contributed by atoms with van der Waals surface area (Å²) in [6, 6.07) is 2.07. The van der Waals surface area contributed by atoms with Gasteiger partial charge in [-0.2, -0.15) is 0 Å². The second-order valence-corrected chi connectivity index (χ2v) is 4.84. The number of hydrogen-bond donors (Lipinski definition) is 1. The maximum absolute atomic E-state index is 13.5. The smallest absolute Gasteiger partial charge is 0.185 e. The second-order valence-electron chi connectivity index (χ2n) is 4.84. The number of benzene rings is 1. The van der Waals surface area contributed by atoms with Crippen LogP contribution in [0.15, 0.2) is 12.1 Å². The number of hydrogen-bond acceptors (Lipinski definition) is 1. The molecule has 0 aliphatic heterocycles. The molecule has 0 spiro atoms. The molecule has 0 saturated heterocycles.